The monoisotopic (exact) mass is 393 g/mol. The Hall–Kier alpha value is -3.59. The lowest BCUT2D eigenvalue weighted by Crippen LogP contribution is -2.40. The number of benzene rings is 1. The predicted molar refractivity (Wildman–Crippen MR) is 108 cm³/mol. The van der Waals surface area contributed by atoms with Gasteiger partial charge in [-0.1, -0.05) is 12.1 Å². The van der Waals surface area contributed by atoms with Crippen LogP contribution in [0, 0.1) is 10.1 Å². The Morgan fingerprint density at radius 2 is 2.10 bits per heavy atom. The summed E-state index contributed by atoms with van der Waals surface area (Å²) in [4.78, 5) is 34.3. The van der Waals surface area contributed by atoms with Gasteiger partial charge in [0.05, 0.1) is 11.0 Å². The molecule has 3 heterocycles. The van der Waals surface area contributed by atoms with Gasteiger partial charge < -0.3 is 15.0 Å². The molecule has 1 amide bonds. The number of fused-ring (bicyclic) bond motifs is 1. The molecule has 3 aromatic rings. The lowest BCUT2D eigenvalue weighted by molar-refractivity contribution is -0.384. The second-order valence-corrected chi connectivity index (χ2v) is 6.75. The normalized spacial score (nSPS) is 18.7. The van der Waals surface area contributed by atoms with E-state index in [1.165, 1.54) is 6.07 Å². The third-order valence-corrected chi connectivity index (χ3v) is 5.09. The van der Waals surface area contributed by atoms with Crippen molar-refractivity contribution in [3.05, 3.63) is 65.1 Å². The molecule has 1 aliphatic heterocycles. The van der Waals surface area contributed by atoms with E-state index in [1.807, 2.05) is 6.07 Å². The van der Waals surface area contributed by atoms with Crippen LogP contribution in [0.1, 0.15) is 6.42 Å². The summed E-state index contributed by atoms with van der Waals surface area (Å²) >= 11 is 0. The van der Waals surface area contributed by atoms with E-state index in [1.54, 1.807) is 54.9 Å². The maximum atomic E-state index is 13.2. The van der Waals surface area contributed by atoms with Gasteiger partial charge in [-0.25, -0.2) is 4.98 Å². The Balaban J connectivity index is 1.66. The standard InChI is InChI=1S/C20H19N5O4/c1-29-14-10-18(24(12-14)16-4-2-3-5-17(16)25(27)28)20(26)23-19-15-7-8-21-11-13(15)6-9-22-19/h2-9,11,14,18H,10,12H2,1H3,(H,22,23,26). The molecule has 148 valence electrons. The number of anilines is 2. The first-order valence-electron chi connectivity index (χ1n) is 9.11. The Bertz CT molecular complexity index is 1070. The molecule has 0 saturated carbocycles. The van der Waals surface area contributed by atoms with Gasteiger partial charge in [0, 0.05) is 55.5 Å². The fourth-order valence-corrected chi connectivity index (χ4v) is 3.66. The van der Waals surface area contributed by atoms with Crippen LogP contribution in [0.15, 0.2) is 55.0 Å². The van der Waals surface area contributed by atoms with Crippen molar-refractivity contribution < 1.29 is 14.5 Å². The van der Waals surface area contributed by atoms with Crippen molar-refractivity contribution in [1.82, 2.24) is 9.97 Å². The molecule has 0 aliphatic carbocycles. The quantitative estimate of drug-likeness (QED) is 0.524. The molecule has 1 fully saturated rings. The summed E-state index contributed by atoms with van der Waals surface area (Å²) in [6.07, 6.45) is 5.14. The SMILES string of the molecule is COC1CC(C(=O)Nc2nccc3cnccc23)N(c2ccccc2[N+](=O)[O-])C1. The Morgan fingerprint density at radius 3 is 2.90 bits per heavy atom. The van der Waals surface area contributed by atoms with Gasteiger partial charge in [-0.3, -0.25) is 19.9 Å². The van der Waals surface area contributed by atoms with E-state index in [0.717, 1.165) is 10.8 Å². The second-order valence-electron chi connectivity index (χ2n) is 6.75. The first-order chi connectivity index (χ1) is 14.1. The third-order valence-electron chi connectivity index (χ3n) is 5.09. The molecule has 1 saturated heterocycles. The van der Waals surface area contributed by atoms with Crippen molar-refractivity contribution in [3.8, 4) is 0 Å². The van der Waals surface area contributed by atoms with E-state index in [4.69, 9.17) is 4.74 Å². The van der Waals surface area contributed by atoms with Crippen LogP contribution in [0.5, 0.6) is 0 Å². The minimum atomic E-state index is -0.625. The average molecular weight is 393 g/mol. The Morgan fingerprint density at radius 1 is 1.28 bits per heavy atom. The van der Waals surface area contributed by atoms with Crippen molar-refractivity contribution in [2.45, 2.75) is 18.6 Å². The lowest BCUT2D eigenvalue weighted by atomic mass is 10.1. The number of hydrogen-bond acceptors (Lipinski definition) is 7. The summed E-state index contributed by atoms with van der Waals surface area (Å²) in [6.45, 7) is 0.381. The molecule has 2 atom stereocenters. The minimum Gasteiger partial charge on any atom is -0.380 e. The Labute approximate surface area is 166 Å². The topological polar surface area (TPSA) is 110 Å². The number of carbonyl (C=O) groups is 1. The molecule has 0 bridgehead atoms. The number of methoxy groups -OCH3 is 1. The third kappa shape index (κ3) is 3.59. The summed E-state index contributed by atoms with van der Waals surface area (Å²) in [5, 5.41) is 16.0. The number of hydrogen-bond donors (Lipinski definition) is 1. The van der Waals surface area contributed by atoms with Gasteiger partial charge in [-0.15, -0.1) is 0 Å². The van der Waals surface area contributed by atoms with Gasteiger partial charge >= 0.3 is 0 Å². The number of ether oxygens (including phenoxy) is 1. The molecule has 0 spiro atoms. The summed E-state index contributed by atoms with van der Waals surface area (Å²) < 4.78 is 5.45. The molecule has 29 heavy (non-hydrogen) atoms. The lowest BCUT2D eigenvalue weighted by Gasteiger charge is -2.25. The number of amides is 1. The number of pyridine rings is 2. The molecule has 9 nitrogen and oxygen atoms in total. The maximum absolute atomic E-state index is 13.2. The number of nitro groups is 1. The Kier molecular flexibility index (Phi) is 5.05. The molecular weight excluding hydrogens is 374 g/mol. The number of nitro benzene ring substituents is 1. The van der Waals surface area contributed by atoms with E-state index >= 15 is 0 Å². The van der Waals surface area contributed by atoms with Crippen molar-refractivity contribution >= 4 is 33.9 Å². The van der Waals surface area contributed by atoms with Crippen LogP contribution in [0.25, 0.3) is 10.8 Å². The maximum Gasteiger partial charge on any atom is 0.292 e. The number of nitrogens with zero attached hydrogens (tertiary/aromatic N) is 4. The molecule has 2 unspecified atom stereocenters. The first-order valence-corrected chi connectivity index (χ1v) is 9.11. The van der Waals surface area contributed by atoms with Crippen LogP contribution in [-0.4, -0.2) is 46.6 Å². The predicted octanol–water partition coefficient (Wildman–Crippen LogP) is 2.77. The summed E-state index contributed by atoms with van der Waals surface area (Å²) in [5.74, 6) is 0.137. The van der Waals surface area contributed by atoms with Gasteiger partial charge in [-0.2, -0.15) is 0 Å². The minimum absolute atomic E-state index is 0.0450. The largest absolute Gasteiger partial charge is 0.380 e. The number of para-hydroxylation sites is 2. The molecule has 0 radical (unpaired) electrons. The number of aromatic nitrogens is 2. The van der Waals surface area contributed by atoms with E-state index in [2.05, 4.69) is 15.3 Å². The van der Waals surface area contributed by atoms with Crippen molar-refractivity contribution in [2.75, 3.05) is 23.9 Å². The van der Waals surface area contributed by atoms with Gasteiger partial charge in [0.25, 0.3) is 5.69 Å². The van der Waals surface area contributed by atoms with Crippen molar-refractivity contribution in [3.63, 3.8) is 0 Å². The number of rotatable bonds is 5. The van der Waals surface area contributed by atoms with Crippen LogP contribution in [0.4, 0.5) is 17.2 Å². The van der Waals surface area contributed by atoms with Crippen molar-refractivity contribution in [2.24, 2.45) is 0 Å². The van der Waals surface area contributed by atoms with Crippen LogP contribution in [0.2, 0.25) is 0 Å². The zero-order valence-electron chi connectivity index (χ0n) is 15.7. The zero-order chi connectivity index (χ0) is 20.4. The highest BCUT2D eigenvalue weighted by Crippen LogP contribution is 2.34. The van der Waals surface area contributed by atoms with E-state index < -0.39 is 11.0 Å². The zero-order valence-corrected chi connectivity index (χ0v) is 15.7. The van der Waals surface area contributed by atoms with Crippen LogP contribution < -0.4 is 10.2 Å². The van der Waals surface area contributed by atoms with E-state index in [9.17, 15) is 14.9 Å². The van der Waals surface area contributed by atoms with E-state index in [-0.39, 0.29) is 17.7 Å². The number of nitrogens with one attached hydrogen (secondary N) is 1. The molecular formula is C20H19N5O4. The van der Waals surface area contributed by atoms with Crippen LogP contribution in [-0.2, 0) is 9.53 Å². The van der Waals surface area contributed by atoms with E-state index in [0.29, 0.717) is 24.5 Å². The van der Waals surface area contributed by atoms with Gasteiger partial charge in [0.15, 0.2) is 0 Å². The van der Waals surface area contributed by atoms with Gasteiger partial charge in [0.1, 0.15) is 17.5 Å². The summed E-state index contributed by atoms with van der Waals surface area (Å²) in [6, 6.07) is 9.38. The molecule has 1 aromatic carbocycles. The van der Waals surface area contributed by atoms with Crippen LogP contribution >= 0.6 is 0 Å². The second kappa shape index (κ2) is 7.80. The highest BCUT2D eigenvalue weighted by atomic mass is 16.6. The molecule has 2 aromatic heterocycles. The molecule has 9 heteroatoms. The highest BCUT2D eigenvalue weighted by molar-refractivity contribution is 6.03. The highest BCUT2D eigenvalue weighted by Gasteiger charge is 2.39. The van der Waals surface area contributed by atoms with Gasteiger partial charge in [-0.05, 0) is 18.2 Å². The first kappa shape index (κ1) is 18.8. The molecule has 1 N–H and O–H groups in total. The fraction of sp³-hybridized carbons (Fsp3) is 0.250. The average Bonchev–Trinajstić information content (AvgIpc) is 3.18. The fourth-order valence-electron chi connectivity index (χ4n) is 3.66. The number of carbonyl (C=O) groups excluding carboxylic acids is 1. The smallest absolute Gasteiger partial charge is 0.292 e. The van der Waals surface area contributed by atoms with Crippen LogP contribution in [0.3, 0.4) is 0 Å². The summed E-state index contributed by atoms with van der Waals surface area (Å²) in [7, 11) is 1.57. The molecule has 4 rings (SSSR count). The molecule has 1 aliphatic rings. The summed E-state index contributed by atoms with van der Waals surface area (Å²) in [5.41, 5.74) is 0.351. The van der Waals surface area contributed by atoms with Crippen molar-refractivity contribution in [1.29, 1.82) is 0 Å². The van der Waals surface area contributed by atoms with Gasteiger partial charge in [0.2, 0.25) is 5.91 Å².